The molecule has 0 spiro atoms. The van der Waals surface area contributed by atoms with Gasteiger partial charge in [0.05, 0.1) is 23.8 Å². The maximum absolute atomic E-state index is 5.49. The molecule has 1 aliphatic carbocycles. The van der Waals surface area contributed by atoms with E-state index in [1.807, 2.05) is 55.1 Å². The minimum Gasteiger partial charge on any atom is -0.497 e. The van der Waals surface area contributed by atoms with Crippen LogP contribution in [0.5, 0.6) is 11.5 Å². The van der Waals surface area contributed by atoms with Gasteiger partial charge < -0.3 is 17.3 Å². The lowest BCUT2D eigenvalue weighted by atomic mass is 9.96. The highest BCUT2D eigenvalue weighted by atomic mass is 127. The van der Waals surface area contributed by atoms with Crippen molar-refractivity contribution in [3.8, 4) is 33.8 Å². The molecule has 5 rings (SSSR count). The number of benzene rings is 2. The molecule has 0 bridgehead atoms. The monoisotopic (exact) mass is 501 g/mol. The molecule has 0 radical (unpaired) electrons. The summed E-state index contributed by atoms with van der Waals surface area (Å²) in [6.45, 7) is 3.90. The molecule has 1 aliphatic rings. The second-order valence-electron chi connectivity index (χ2n) is 7.49. The van der Waals surface area contributed by atoms with Gasteiger partial charge >= 0.3 is 0 Å². The average Bonchev–Trinajstić information content (AvgIpc) is 3.41. The van der Waals surface area contributed by atoms with Gasteiger partial charge in [-0.05, 0) is 62.1 Å². The summed E-state index contributed by atoms with van der Waals surface area (Å²) >= 11 is 1.89. The Morgan fingerprint density at radius 2 is 1.86 bits per heavy atom. The fraction of sp³-hybridized carbons (Fsp3) is 0.273. The Hall–Kier alpha value is -2.55. The summed E-state index contributed by atoms with van der Waals surface area (Å²) in [7, 11) is 1.66. The van der Waals surface area contributed by atoms with E-state index in [2.05, 4.69) is 22.3 Å². The first-order chi connectivity index (χ1) is 14.1. The first-order valence-electron chi connectivity index (χ1n) is 9.52. The van der Waals surface area contributed by atoms with Gasteiger partial charge in [0.15, 0.2) is 23.0 Å². The van der Waals surface area contributed by atoms with E-state index in [0.29, 0.717) is 5.92 Å². The quantitative estimate of drug-likeness (QED) is 0.334. The Bertz CT molecular complexity index is 1180. The number of methoxy groups -OCH3 is 1. The molecule has 1 N–H and O–H groups in total. The van der Waals surface area contributed by atoms with Crippen molar-refractivity contribution in [2.75, 3.05) is 7.11 Å². The van der Waals surface area contributed by atoms with Crippen LogP contribution in [-0.4, -0.2) is 22.2 Å². The Morgan fingerprint density at radius 1 is 1.07 bits per heavy atom. The molecule has 29 heavy (non-hydrogen) atoms. The predicted molar refractivity (Wildman–Crippen MR) is 120 cm³/mol. The molecule has 2 heterocycles. The van der Waals surface area contributed by atoms with Crippen LogP contribution in [0.25, 0.3) is 33.3 Å². The summed E-state index contributed by atoms with van der Waals surface area (Å²) in [4.78, 5) is 8.49. The largest absolute Gasteiger partial charge is 0.497 e. The zero-order chi connectivity index (χ0) is 20.1. The van der Waals surface area contributed by atoms with E-state index < -0.39 is 0 Å². The average molecular weight is 501 g/mol. The number of imidazole rings is 1. The standard InChI is InChI=1S/C22H20IN3O3/c1-11-20(12(2)29-26-11)15-8-18(14-6-16(27-3)10-17(7-14)28-23)21-19(9-15)24-22(25-21)13-4-5-13/h6-10,13H,4-5H2,1-3H3,(H,24,25). The van der Waals surface area contributed by atoms with Crippen molar-refractivity contribution in [1.29, 1.82) is 0 Å². The van der Waals surface area contributed by atoms with Crippen molar-refractivity contribution in [1.82, 2.24) is 15.1 Å². The summed E-state index contributed by atoms with van der Waals surface area (Å²) in [5, 5.41) is 4.13. The molecule has 4 aromatic rings. The highest BCUT2D eigenvalue weighted by Crippen LogP contribution is 2.42. The molecule has 148 valence electrons. The first-order valence-corrected chi connectivity index (χ1v) is 10.4. The second kappa shape index (κ2) is 7.05. The predicted octanol–water partition coefficient (Wildman–Crippen LogP) is 6.12. The summed E-state index contributed by atoms with van der Waals surface area (Å²) in [5.41, 5.74) is 6.92. The lowest BCUT2D eigenvalue weighted by Gasteiger charge is -2.10. The number of ether oxygens (including phenoxy) is 1. The minimum absolute atomic E-state index is 0.538. The van der Waals surface area contributed by atoms with Crippen LogP contribution in [0.15, 0.2) is 34.9 Å². The van der Waals surface area contributed by atoms with E-state index >= 15 is 0 Å². The van der Waals surface area contributed by atoms with Gasteiger partial charge in [-0.25, -0.2) is 4.98 Å². The molecule has 0 atom stereocenters. The third-order valence-electron chi connectivity index (χ3n) is 5.41. The number of aromatic amines is 1. The molecule has 7 heteroatoms. The van der Waals surface area contributed by atoms with Crippen molar-refractivity contribution in [3.63, 3.8) is 0 Å². The molecule has 0 saturated heterocycles. The van der Waals surface area contributed by atoms with Gasteiger partial charge in [0, 0.05) is 23.1 Å². The summed E-state index contributed by atoms with van der Waals surface area (Å²) in [6.07, 6.45) is 2.38. The van der Waals surface area contributed by atoms with Crippen molar-refractivity contribution in [3.05, 3.63) is 47.6 Å². The Labute approximate surface area is 182 Å². The van der Waals surface area contributed by atoms with Crippen molar-refractivity contribution < 1.29 is 12.3 Å². The van der Waals surface area contributed by atoms with Crippen LogP contribution in [0.2, 0.25) is 0 Å². The molecule has 1 fully saturated rings. The van der Waals surface area contributed by atoms with E-state index in [1.165, 1.54) is 12.8 Å². The molecule has 2 aromatic heterocycles. The Morgan fingerprint density at radius 3 is 2.52 bits per heavy atom. The number of fused-ring (bicyclic) bond motifs is 1. The van der Waals surface area contributed by atoms with Gasteiger partial charge in [-0.2, -0.15) is 0 Å². The maximum atomic E-state index is 5.49. The molecule has 1 saturated carbocycles. The van der Waals surface area contributed by atoms with Crippen LogP contribution in [-0.2, 0) is 0 Å². The number of rotatable bonds is 5. The highest BCUT2D eigenvalue weighted by molar-refractivity contribution is 14.1. The number of nitrogens with one attached hydrogen (secondary N) is 1. The molecular weight excluding hydrogens is 481 g/mol. The van der Waals surface area contributed by atoms with Gasteiger partial charge in [0.2, 0.25) is 0 Å². The molecule has 6 nitrogen and oxygen atoms in total. The SMILES string of the molecule is COc1cc(OI)cc(-c2cc(-c3c(C)noc3C)cc3[nH]c(C4CC4)nc23)c1. The van der Waals surface area contributed by atoms with E-state index in [1.54, 1.807) is 7.11 Å². The van der Waals surface area contributed by atoms with E-state index in [0.717, 1.165) is 62.1 Å². The smallest absolute Gasteiger partial charge is 0.192 e. The fourth-order valence-electron chi connectivity index (χ4n) is 3.84. The van der Waals surface area contributed by atoms with E-state index in [9.17, 15) is 0 Å². The van der Waals surface area contributed by atoms with Crippen LogP contribution < -0.4 is 7.80 Å². The number of nitrogens with zero attached hydrogens (tertiary/aromatic N) is 2. The Kier molecular flexibility index (Phi) is 4.49. The number of aromatic nitrogens is 3. The van der Waals surface area contributed by atoms with Crippen LogP contribution >= 0.6 is 23.0 Å². The second-order valence-corrected chi connectivity index (χ2v) is 7.93. The van der Waals surface area contributed by atoms with Gasteiger partial charge in [-0.3, -0.25) is 0 Å². The molecule has 0 amide bonds. The summed E-state index contributed by atoms with van der Waals surface area (Å²) < 4.78 is 16.4. The lowest BCUT2D eigenvalue weighted by molar-refractivity contribution is 0.393. The van der Waals surface area contributed by atoms with Gasteiger partial charge in [-0.1, -0.05) is 5.16 Å². The van der Waals surface area contributed by atoms with Crippen LogP contribution in [0, 0.1) is 13.8 Å². The summed E-state index contributed by atoms with van der Waals surface area (Å²) in [5.74, 6) is 3.87. The third-order valence-corrected chi connectivity index (χ3v) is 5.92. The normalized spacial score (nSPS) is 13.8. The minimum atomic E-state index is 0.538. The van der Waals surface area contributed by atoms with E-state index in [-0.39, 0.29) is 0 Å². The topological polar surface area (TPSA) is 73.2 Å². The van der Waals surface area contributed by atoms with Crippen molar-refractivity contribution in [2.45, 2.75) is 32.6 Å². The molecular formula is C22H20IN3O3. The zero-order valence-electron chi connectivity index (χ0n) is 16.4. The van der Waals surface area contributed by atoms with E-state index in [4.69, 9.17) is 17.3 Å². The van der Waals surface area contributed by atoms with Crippen molar-refractivity contribution in [2.24, 2.45) is 0 Å². The maximum Gasteiger partial charge on any atom is 0.192 e. The van der Waals surface area contributed by atoms with Gasteiger partial charge in [0.25, 0.3) is 0 Å². The first kappa shape index (κ1) is 18.5. The van der Waals surface area contributed by atoms with Gasteiger partial charge in [-0.15, -0.1) is 0 Å². The van der Waals surface area contributed by atoms with Crippen molar-refractivity contribution >= 4 is 34.0 Å². The van der Waals surface area contributed by atoms with Crippen LogP contribution in [0.3, 0.4) is 0 Å². The highest BCUT2D eigenvalue weighted by Gasteiger charge is 2.28. The molecule has 0 unspecified atom stereocenters. The zero-order valence-corrected chi connectivity index (χ0v) is 18.5. The summed E-state index contributed by atoms with van der Waals surface area (Å²) in [6, 6.07) is 10.2. The fourth-order valence-corrected chi connectivity index (χ4v) is 4.09. The number of aryl methyl sites for hydroxylation is 2. The molecule has 0 aliphatic heterocycles. The number of hydrogen-bond acceptors (Lipinski definition) is 5. The Balaban J connectivity index is 1.79. The number of hydrogen-bond donors (Lipinski definition) is 1. The molecule has 2 aromatic carbocycles. The van der Waals surface area contributed by atoms with Crippen LogP contribution in [0.1, 0.15) is 36.0 Å². The van der Waals surface area contributed by atoms with Gasteiger partial charge in [0.1, 0.15) is 23.1 Å². The van der Waals surface area contributed by atoms with Crippen LogP contribution in [0.4, 0.5) is 0 Å². The third kappa shape index (κ3) is 3.27. The number of H-pyrrole nitrogens is 1. The number of halogens is 1. The lowest BCUT2D eigenvalue weighted by Crippen LogP contribution is -1.90.